The van der Waals surface area contributed by atoms with E-state index in [4.69, 9.17) is 0 Å². The molecule has 4 rings (SSSR count). The minimum atomic E-state index is -0.856. The maximum Gasteiger partial charge on any atom is 0.327 e. The Hall–Kier alpha value is -2.92. The Bertz CT molecular complexity index is 889. The zero-order valence-electron chi connectivity index (χ0n) is 13.7. The highest BCUT2D eigenvalue weighted by molar-refractivity contribution is 5.76. The zero-order valence-corrected chi connectivity index (χ0v) is 13.7. The van der Waals surface area contributed by atoms with Crippen molar-refractivity contribution in [2.75, 3.05) is 6.54 Å². The number of hydrogen-bond donors (Lipinski definition) is 2. The standard InChI is InChI=1S/C20H19N3O2/c24-20(25)19-18-17(21-13-22-18)10-11-23(19)12-15-8-4-5-9-16(15)14-6-2-1-3-7-14/h1-9,13,19H,10-12H2,(H,21,22)(H,24,25)/t19-/m1/s1. The SMILES string of the molecule is O=C(O)[C@H]1c2nc[nH]c2CCN1Cc1ccccc1-c1ccccc1. The first-order chi connectivity index (χ1) is 12.2. The van der Waals surface area contributed by atoms with E-state index in [2.05, 4.69) is 34.2 Å². The predicted octanol–water partition coefficient (Wildman–Crippen LogP) is 3.26. The number of fused-ring (bicyclic) bond motifs is 1. The molecule has 0 bridgehead atoms. The summed E-state index contributed by atoms with van der Waals surface area (Å²) in [6.07, 6.45) is 2.37. The van der Waals surface area contributed by atoms with Crippen LogP contribution >= 0.6 is 0 Å². The number of hydrogen-bond acceptors (Lipinski definition) is 3. The van der Waals surface area contributed by atoms with E-state index in [0.717, 1.165) is 28.8 Å². The molecule has 0 fully saturated rings. The Morgan fingerprint density at radius 2 is 1.92 bits per heavy atom. The van der Waals surface area contributed by atoms with Crippen molar-refractivity contribution in [2.45, 2.75) is 19.0 Å². The summed E-state index contributed by atoms with van der Waals surface area (Å²) in [5.41, 5.74) is 4.97. The predicted molar refractivity (Wildman–Crippen MR) is 95.0 cm³/mol. The smallest absolute Gasteiger partial charge is 0.327 e. The van der Waals surface area contributed by atoms with Crippen LogP contribution in [0.15, 0.2) is 60.9 Å². The van der Waals surface area contributed by atoms with Crippen molar-refractivity contribution < 1.29 is 9.90 Å². The van der Waals surface area contributed by atoms with Gasteiger partial charge in [-0.1, -0.05) is 54.6 Å². The molecule has 0 saturated carbocycles. The molecular weight excluding hydrogens is 314 g/mol. The molecule has 2 heterocycles. The summed E-state index contributed by atoms with van der Waals surface area (Å²) >= 11 is 0. The second-order valence-corrected chi connectivity index (χ2v) is 6.25. The number of aliphatic carboxylic acids is 1. The van der Waals surface area contributed by atoms with E-state index in [0.29, 0.717) is 18.8 Å². The molecule has 1 aliphatic heterocycles. The van der Waals surface area contributed by atoms with Gasteiger partial charge >= 0.3 is 5.97 Å². The van der Waals surface area contributed by atoms with Crippen LogP contribution in [0.25, 0.3) is 11.1 Å². The third kappa shape index (κ3) is 2.94. The minimum absolute atomic E-state index is 0.578. The number of carbonyl (C=O) groups is 1. The highest BCUT2D eigenvalue weighted by Gasteiger charge is 2.35. The van der Waals surface area contributed by atoms with Crippen LogP contribution in [0.1, 0.15) is 23.0 Å². The Balaban J connectivity index is 1.68. The van der Waals surface area contributed by atoms with Crippen molar-refractivity contribution >= 4 is 5.97 Å². The number of rotatable bonds is 4. The van der Waals surface area contributed by atoms with Gasteiger partial charge in [-0.25, -0.2) is 4.98 Å². The summed E-state index contributed by atoms with van der Waals surface area (Å²) in [7, 11) is 0. The fraction of sp³-hybridized carbons (Fsp3) is 0.200. The molecule has 3 aromatic rings. The van der Waals surface area contributed by atoms with Crippen LogP contribution in [0, 0.1) is 0 Å². The largest absolute Gasteiger partial charge is 0.480 e. The van der Waals surface area contributed by atoms with Crippen LogP contribution in [0.4, 0.5) is 0 Å². The van der Waals surface area contributed by atoms with Gasteiger partial charge in [0.1, 0.15) is 0 Å². The molecule has 1 atom stereocenters. The van der Waals surface area contributed by atoms with Gasteiger partial charge in [0.05, 0.1) is 12.0 Å². The number of carboxylic acid groups (broad SMARTS) is 1. The lowest BCUT2D eigenvalue weighted by Gasteiger charge is -2.32. The van der Waals surface area contributed by atoms with Gasteiger partial charge < -0.3 is 10.1 Å². The Morgan fingerprint density at radius 1 is 1.16 bits per heavy atom. The van der Waals surface area contributed by atoms with E-state index in [-0.39, 0.29) is 0 Å². The Morgan fingerprint density at radius 3 is 2.72 bits per heavy atom. The van der Waals surface area contributed by atoms with Crippen molar-refractivity contribution in [3.05, 3.63) is 77.9 Å². The number of benzene rings is 2. The molecule has 0 saturated heterocycles. The van der Waals surface area contributed by atoms with Gasteiger partial charge in [0, 0.05) is 25.2 Å². The lowest BCUT2D eigenvalue weighted by atomic mass is 9.97. The molecule has 2 aromatic carbocycles. The van der Waals surface area contributed by atoms with E-state index in [1.165, 1.54) is 0 Å². The summed E-state index contributed by atoms with van der Waals surface area (Å²) in [6, 6.07) is 17.7. The first kappa shape index (κ1) is 15.6. The minimum Gasteiger partial charge on any atom is -0.480 e. The average molecular weight is 333 g/mol. The van der Waals surface area contributed by atoms with Gasteiger partial charge in [0.2, 0.25) is 0 Å². The number of aromatic amines is 1. The molecule has 5 heteroatoms. The number of imidazole rings is 1. The third-order valence-electron chi connectivity index (χ3n) is 4.73. The maximum atomic E-state index is 11.9. The van der Waals surface area contributed by atoms with Crippen LogP contribution in [0.3, 0.4) is 0 Å². The van der Waals surface area contributed by atoms with Crippen LogP contribution in [-0.4, -0.2) is 32.5 Å². The van der Waals surface area contributed by atoms with Gasteiger partial charge in [0.25, 0.3) is 0 Å². The molecule has 2 N–H and O–H groups in total. The third-order valence-corrected chi connectivity index (χ3v) is 4.73. The molecule has 5 nitrogen and oxygen atoms in total. The lowest BCUT2D eigenvalue weighted by Crippen LogP contribution is -2.39. The van der Waals surface area contributed by atoms with E-state index in [9.17, 15) is 9.90 Å². The van der Waals surface area contributed by atoms with Crippen LogP contribution < -0.4 is 0 Å². The van der Waals surface area contributed by atoms with E-state index < -0.39 is 12.0 Å². The summed E-state index contributed by atoms with van der Waals surface area (Å²) in [4.78, 5) is 21.2. The maximum absolute atomic E-state index is 11.9. The van der Waals surface area contributed by atoms with Gasteiger partial charge in [-0.2, -0.15) is 0 Å². The normalized spacial score (nSPS) is 17.2. The first-order valence-corrected chi connectivity index (χ1v) is 8.36. The second kappa shape index (κ2) is 6.53. The molecule has 1 aromatic heterocycles. The van der Waals surface area contributed by atoms with Crippen LogP contribution in [0.2, 0.25) is 0 Å². The number of nitrogens with one attached hydrogen (secondary N) is 1. The molecule has 1 aliphatic rings. The topological polar surface area (TPSA) is 69.2 Å². The molecule has 0 amide bonds. The molecule has 0 radical (unpaired) electrons. The summed E-state index contributed by atoms with van der Waals surface area (Å²) in [6.45, 7) is 1.27. The van der Waals surface area contributed by atoms with Crippen molar-refractivity contribution in [3.8, 4) is 11.1 Å². The molecule has 0 unspecified atom stereocenters. The van der Waals surface area contributed by atoms with Gasteiger partial charge in [-0.05, 0) is 16.7 Å². The van der Waals surface area contributed by atoms with Gasteiger partial charge in [-0.3, -0.25) is 9.69 Å². The summed E-state index contributed by atoms with van der Waals surface area (Å²) in [5, 5.41) is 9.74. The lowest BCUT2D eigenvalue weighted by molar-refractivity contribution is -0.144. The number of aromatic nitrogens is 2. The second-order valence-electron chi connectivity index (χ2n) is 6.25. The molecule has 0 spiro atoms. The van der Waals surface area contributed by atoms with Crippen LogP contribution in [0.5, 0.6) is 0 Å². The highest BCUT2D eigenvalue weighted by Crippen LogP contribution is 2.31. The van der Waals surface area contributed by atoms with Crippen molar-refractivity contribution in [2.24, 2.45) is 0 Å². The zero-order chi connectivity index (χ0) is 17.2. The molecular formula is C20H19N3O2. The van der Waals surface area contributed by atoms with E-state index >= 15 is 0 Å². The quantitative estimate of drug-likeness (QED) is 0.769. The molecule has 25 heavy (non-hydrogen) atoms. The molecule has 126 valence electrons. The molecule has 0 aliphatic carbocycles. The number of carboxylic acids is 1. The summed E-state index contributed by atoms with van der Waals surface area (Å²) < 4.78 is 0. The van der Waals surface area contributed by atoms with E-state index in [1.807, 2.05) is 35.2 Å². The fourth-order valence-electron chi connectivity index (χ4n) is 3.54. The van der Waals surface area contributed by atoms with Crippen LogP contribution in [-0.2, 0) is 17.8 Å². The monoisotopic (exact) mass is 333 g/mol. The average Bonchev–Trinajstić information content (AvgIpc) is 3.11. The van der Waals surface area contributed by atoms with Crippen molar-refractivity contribution in [1.29, 1.82) is 0 Å². The van der Waals surface area contributed by atoms with E-state index in [1.54, 1.807) is 6.33 Å². The van der Waals surface area contributed by atoms with Crippen molar-refractivity contribution in [1.82, 2.24) is 14.9 Å². The fourth-order valence-corrected chi connectivity index (χ4v) is 3.54. The Kier molecular flexibility index (Phi) is 4.07. The van der Waals surface area contributed by atoms with Crippen molar-refractivity contribution in [3.63, 3.8) is 0 Å². The van der Waals surface area contributed by atoms with Gasteiger partial charge in [0.15, 0.2) is 6.04 Å². The number of H-pyrrole nitrogens is 1. The first-order valence-electron chi connectivity index (χ1n) is 8.36. The Labute approximate surface area is 146 Å². The highest BCUT2D eigenvalue weighted by atomic mass is 16.4. The number of nitrogens with zero attached hydrogens (tertiary/aromatic N) is 2. The van der Waals surface area contributed by atoms with Gasteiger partial charge in [-0.15, -0.1) is 0 Å². The summed E-state index contributed by atoms with van der Waals surface area (Å²) in [5.74, 6) is -0.856.